The second-order valence-electron chi connectivity index (χ2n) is 7.60. The summed E-state index contributed by atoms with van der Waals surface area (Å²) in [6, 6.07) is 16.3. The fourth-order valence-corrected chi connectivity index (χ4v) is 3.75. The van der Waals surface area contributed by atoms with Gasteiger partial charge in [0, 0.05) is 12.1 Å². The minimum Gasteiger partial charge on any atom is -0.496 e. The van der Waals surface area contributed by atoms with Crippen molar-refractivity contribution in [2.24, 2.45) is 0 Å². The van der Waals surface area contributed by atoms with Gasteiger partial charge in [-0.05, 0) is 39.0 Å². The van der Waals surface area contributed by atoms with E-state index in [1.807, 2.05) is 61.5 Å². The topological polar surface area (TPSA) is 91.0 Å². The maximum atomic E-state index is 13.3. The van der Waals surface area contributed by atoms with Crippen molar-refractivity contribution in [1.82, 2.24) is 24.9 Å². The summed E-state index contributed by atoms with van der Waals surface area (Å²) in [5, 5.41) is 12.3. The van der Waals surface area contributed by atoms with Crippen molar-refractivity contribution in [1.29, 1.82) is 0 Å². The molecule has 0 radical (unpaired) electrons. The van der Waals surface area contributed by atoms with Gasteiger partial charge in [0.25, 0.3) is 5.56 Å². The van der Waals surface area contributed by atoms with Gasteiger partial charge in [-0.25, -0.2) is 9.36 Å². The summed E-state index contributed by atoms with van der Waals surface area (Å²) < 4.78 is 8.30. The highest BCUT2D eigenvalue weighted by molar-refractivity contribution is 5.84. The lowest BCUT2D eigenvalue weighted by atomic mass is 10.2. The maximum absolute atomic E-state index is 13.3. The molecule has 1 amide bonds. The van der Waals surface area contributed by atoms with Gasteiger partial charge in [0.05, 0.1) is 29.6 Å². The molecule has 0 fully saturated rings. The van der Waals surface area contributed by atoms with Crippen LogP contribution in [0.4, 0.5) is 0 Å². The maximum Gasteiger partial charge on any atom is 0.278 e. The molecule has 2 heterocycles. The first kappa shape index (κ1) is 21.3. The molecule has 2 aromatic carbocycles. The van der Waals surface area contributed by atoms with Crippen molar-refractivity contribution < 1.29 is 9.53 Å². The van der Waals surface area contributed by atoms with Gasteiger partial charge in [-0.2, -0.15) is 10.2 Å². The molecule has 0 aliphatic heterocycles. The summed E-state index contributed by atoms with van der Waals surface area (Å²) in [6.45, 7) is 5.59. The molecule has 1 atom stereocenters. The predicted molar refractivity (Wildman–Crippen MR) is 122 cm³/mol. The van der Waals surface area contributed by atoms with E-state index in [-0.39, 0.29) is 18.0 Å². The van der Waals surface area contributed by atoms with E-state index in [0.29, 0.717) is 28.0 Å². The lowest BCUT2D eigenvalue weighted by Gasteiger charge is -2.16. The van der Waals surface area contributed by atoms with Crippen LogP contribution in [0.5, 0.6) is 5.75 Å². The fraction of sp³-hybridized carbons (Fsp3) is 0.250. The highest BCUT2D eigenvalue weighted by atomic mass is 16.5. The van der Waals surface area contributed by atoms with Crippen LogP contribution in [-0.4, -0.2) is 32.6 Å². The Bertz CT molecular complexity index is 1340. The normalized spacial score (nSPS) is 12.0. The molecule has 8 nitrogen and oxygen atoms in total. The molecule has 4 rings (SSSR count). The molecule has 0 aliphatic carbocycles. The minimum absolute atomic E-state index is 0.286. The highest BCUT2D eigenvalue weighted by Gasteiger charge is 2.23. The monoisotopic (exact) mass is 431 g/mol. The number of aryl methyl sites for hydroxylation is 2. The average Bonchev–Trinajstić information content (AvgIpc) is 3.18. The minimum atomic E-state index is -0.792. The van der Waals surface area contributed by atoms with Crippen molar-refractivity contribution in [3.8, 4) is 11.4 Å². The summed E-state index contributed by atoms with van der Waals surface area (Å²) in [4.78, 5) is 26.2. The first-order valence-corrected chi connectivity index (χ1v) is 10.4. The van der Waals surface area contributed by atoms with E-state index >= 15 is 0 Å². The Morgan fingerprint density at radius 2 is 1.75 bits per heavy atom. The van der Waals surface area contributed by atoms with Gasteiger partial charge in [-0.15, -0.1) is 0 Å². The van der Waals surface area contributed by atoms with E-state index < -0.39 is 6.04 Å². The number of nitrogens with one attached hydrogen (secondary N) is 1. The van der Waals surface area contributed by atoms with Crippen molar-refractivity contribution in [3.63, 3.8) is 0 Å². The van der Waals surface area contributed by atoms with Crippen LogP contribution in [0.15, 0.2) is 59.4 Å². The molecule has 0 unspecified atom stereocenters. The number of hydrogen-bond acceptors (Lipinski definition) is 5. The number of carbonyl (C=O) groups is 1. The van der Waals surface area contributed by atoms with Crippen molar-refractivity contribution in [2.45, 2.75) is 33.4 Å². The van der Waals surface area contributed by atoms with Crippen LogP contribution in [0.1, 0.15) is 29.9 Å². The SMILES string of the molecule is COc1ccccc1CNC(=O)[C@@H](C)n1nc(C)c2nn(-c3ccccc3)c(C)c2c1=O. The van der Waals surface area contributed by atoms with E-state index in [1.165, 1.54) is 4.68 Å². The Balaban J connectivity index is 1.66. The molecule has 0 bridgehead atoms. The first-order chi connectivity index (χ1) is 15.4. The molecular weight excluding hydrogens is 406 g/mol. The number of ether oxygens (including phenoxy) is 1. The van der Waals surface area contributed by atoms with Crippen LogP contribution < -0.4 is 15.6 Å². The number of carbonyl (C=O) groups excluding carboxylic acids is 1. The molecule has 32 heavy (non-hydrogen) atoms. The van der Waals surface area contributed by atoms with Gasteiger partial charge in [-0.1, -0.05) is 36.4 Å². The number of amides is 1. The Labute approximate surface area is 185 Å². The van der Waals surface area contributed by atoms with E-state index in [1.54, 1.807) is 25.6 Å². The first-order valence-electron chi connectivity index (χ1n) is 10.4. The van der Waals surface area contributed by atoms with E-state index in [2.05, 4.69) is 15.5 Å². The Morgan fingerprint density at radius 1 is 1.06 bits per heavy atom. The highest BCUT2D eigenvalue weighted by Crippen LogP contribution is 2.21. The van der Waals surface area contributed by atoms with Crippen LogP contribution in [0, 0.1) is 13.8 Å². The van der Waals surface area contributed by atoms with Crippen molar-refractivity contribution in [2.75, 3.05) is 7.11 Å². The fourth-order valence-electron chi connectivity index (χ4n) is 3.75. The summed E-state index contributed by atoms with van der Waals surface area (Å²) in [5.41, 5.74) is 3.19. The lowest BCUT2D eigenvalue weighted by Crippen LogP contribution is -2.37. The third kappa shape index (κ3) is 3.75. The Hall–Kier alpha value is -3.94. The Morgan fingerprint density at radius 3 is 2.47 bits per heavy atom. The zero-order chi connectivity index (χ0) is 22.8. The van der Waals surface area contributed by atoms with Crippen LogP contribution >= 0.6 is 0 Å². The summed E-state index contributed by atoms with van der Waals surface area (Å²) in [6.07, 6.45) is 0. The summed E-state index contributed by atoms with van der Waals surface area (Å²) >= 11 is 0. The zero-order valence-corrected chi connectivity index (χ0v) is 18.5. The summed E-state index contributed by atoms with van der Waals surface area (Å²) in [5.74, 6) is 0.384. The number of hydrogen-bond donors (Lipinski definition) is 1. The quantitative estimate of drug-likeness (QED) is 0.507. The smallest absolute Gasteiger partial charge is 0.278 e. The number of para-hydroxylation sites is 2. The van der Waals surface area contributed by atoms with Gasteiger partial charge >= 0.3 is 0 Å². The molecule has 4 aromatic rings. The van der Waals surface area contributed by atoms with Crippen LogP contribution in [0.25, 0.3) is 16.6 Å². The van der Waals surface area contributed by atoms with Crippen LogP contribution in [0.2, 0.25) is 0 Å². The molecule has 0 saturated carbocycles. The molecular formula is C24H25N5O3. The van der Waals surface area contributed by atoms with Gasteiger partial charge in [0.15, 0.2) is 0 Å². The number of rotatable bonds is 6. The van der Waals surface area contributed by atoms with Crippen LogP contribution in [0.3, 0.4) is 0 Å². The van der Waals surface area contributed by atoms with Gasteiger partial charge in [-0.3, -0.25) is 9.59 Å². The number of methoxy groups -OCH3 is 1. The number of fused-ring (bicyclic) bond motifs is 1. The molecule has 2 aromatic heterocycles. The van der Waals surface area contributed by atoms with E-state index in [4.69, 9.17) is 4.74 Å². The second kappa shape index (κ2) is 8.66. The molecule has 0 saturated heterocycles. The lowest BCUT2D eigenvalue weighted by molar-refractivity contribution is -0.124. The third-order valence-corrected chi connectivity index (χ3v) is 5.53. The predicted octanol–water partition coefficient (Wildman–Crippen LogP) is 3.09. The molecule has 1 N–H and O–H groups in total. The average molecular weight is 431 g/mol. The van der Waals surface area contributed by atoms with E-state index in [0.717, 1.165) is 11.3 Å². The molecule has 164 valence electrons. The van der Waals surface area contributed by atoms with Crippen LogP contribution in [-0.2, 0) is 11.3 Å². The number of nitrogens with zero attached hydrogens (tertiary/aromatic N) is 4. The van der Waals surface area contributed by atoms with Gasteiger partial charge in [0.2, 0.25) is 5.91 Å². The molecule has 0 spiro atoms. The zero-order valence-electron chi connectivity index (χ0n) is 18.5. The Kier molecular flexibility index (Phi) is 5.77. The van der Waals surface area contributed by atoms with Gasteiger partial charge in [0.1, 0.15) is 17.3 Å². The summed E-state index contributed by atoms with van der Waals surface area (Å²) in [7, 11) is 1.59. The third-order valence-electron chi connectivity index (χ3n) is 5.53. The van der Waals surface area contributed by atoms with Crippen molar-refractivity contribution in [3.05, 3.63) is 81.9 Å². The molecule has 8 heteroatoms. The number of benzene rings is 2. The number of aromatic nitrogens is 4. The molecule has 0 aliphatic rings. The van der Waals surface area contributed by atoms with Crippen molar-refractivity contribution >= 4 is 16.8 Å². The standard InChI is InChI=1S/C24H25N5O3/c1-15-22-21(16(2)28(27-22)19-11-6-5-7-12-19)24(31)29(26-15)17(3)23(30)25-14-18-10-8-9-13-20(18)32-4/h5-13,17H,14H2,1-4H3,(H,25,30)/t17-/m1/s1. The largest absolute Gasteiger partial charge is 0.496 e. The second-order valence-corrected chi connectivity index (χ2v) is 7.60. The van der Waals surface area contributed by atoms with E-state index in [9.17, 15) is 9.59 Å². The van der Waals surface area contributed by atoms with Gasteiger partial charge < -0.3 is 10.1 Å².